The molecular weight excluding hydrogens is 322 g/mol. The number of nitrogens with one attached hydrogen (secondary N) is 1. The number of benzene rings is 2. The second kappa shape index (κ2) is 8.37. The van der Waals surface area contributed by atoms with E-state index in [1.54, 1.807) is 0 Å². The van der Waals surface area contributed by atoms with Gasteiger partial charge in [-0.1, -0.05) is 31.2 Å². The van der Waals surface area contributed by atoms with Crippen LogP contribution in [0.1, 0.15) is 23.6 Å². The zero-order valence-corrected chi connectivity index (χ0v) is 16.1. The molecule has 1 N–H and O–H groups in total. The van der Waals surface area contributed by atoms with Crippen LogP contribution in [0.25, 0.3) is 0 Å². The number of amides is 1. The van der Waals surface area contributed by atoms with Gasteiger partial charge in [-0.15, -0.1) is 0 Å². The average molecular weight is 351 g/mol. The Morgan fingerprint density at radius 2 is 1.69 bits per heavy atom. The van der Waals surface area contributed by atoms with Gasteiger partial charge in [-0.2, -0.15) is 0 Å². The highest BCUT2D eigenvalue weighted by molar-refractivity contribution is 5.92. The third-order valence-corrected chi connectivity index (χ3v) is 5.30. The van der Waals surface area contributed by atoms with Crippen LogP contribution in [0.5, 0.6) is 0 Å². The van der Waals surface area contributed by atoms with Crippen molar-refractivity contribution in [1.29, 1.82) is 0 Å². The molecule has 0 unspecified atom stereocenters. The van der Waals surface area contributed by atoms with Crippen molar-refractivity contribution in [1.82, 2.24) is 4.90 Å². The number of hydrogen-bond donors (Lipinski definition) is 1. The van der Waals surface area contributed by atoms with Crippen molar-refractivity contribution in [3.63, 3.8) is 0 Å². The van der Waals surface area contributed by atoms with Crippen LogP contribution < -0.4 is 10.2 Å². The van der Waals surface area contributed by atoms with Gasteiger partial charge >= 0.3 is 0 Å². The van der Waals surface area contributed by atoms with Gasteiger partial charge in [0.05, 0.1) is 6.54 Å². The first kappa shape index (κ1) is 18.5. The summed E-state index contributed by atoms with van der Waals surface area (Å²) >= 11 is 0. The molecule has 2 aromatic carbocycles. The summed E-state index contributed by atoms with van der Waals surface area (Å²) in [4.78, 5) is 17.0. The number of aryl methyl sites for hydroxylation is 2. The lowest BCUT2D eigenvalue weighted by atomic mass is 10.1. The quantitative estimate of drug-likeness (QED) is 0.893. The Morgan fingerprint density at radius 3 is 2.35 bits per heavy atom. The van der Waals surface area contributed by atoms with Crippen molar-refractivity contribution < 1.29 is 4.79 Å². The summed E-state index contributed by atoms with van der Waals surface area (Å²) in [5, 5.41) is 3.01. The molecule has 1 heterocycles. The van der Waals surface area contributed by atoms with E-state index in [4.69, 9.17) is 0 Å². The van der Waals surface area contributed by atoms with Crippen LogP contribution in [0.15, 0.2) is 42.5 Å². The van der Waals surface area contributed by atoms with Crippen molar-refractivity contribution >= 4 is 17.3 Å². The topological polar surface area (TPSA) is 35.6 Å². The molecule has 4 nitrogen and oxygen atoms in total. The zero-order chi connectivity index (χ0) is 18.5. The Bertz CT molecular complexity index is 746. The van der Waals surface area contributed by atoms with Crippen LogP contribution in [-0.2, 0) is 11.2 Å². The van der Waals surface area contributed by atoms with E-state index < -0.39 is 0 Å². The number of nitrogens with zero attached hydrogens (tertiary/aromatic N) is 2. The Morgan fingerprint density at radius 1 is 1.00 bits per heavy atom. The molecule has 1 saturated heterocycles. The van der Waals surface area contributed by atoms with Gasteiger partial charge < -0.3 is 10.2 Å². The molecule has 0 spiro atoms. The third-order valence-electron chi connectivity index (χ3n) is 5.30. The molecule has 0 aromatic heterocycles. The van der Waals surface area contributed by atoms with E-state index in [0.29, 0.717) is 6.54 Å². The smallest absolute Gasteiger partial charge is 0.238 e. The summed E-state index contributed by atoms with van der Waals surface area (Å²) in [6.07, 6.45) is 1.01. The van der Waals surface area contributed by atoms with Crippen molar-refractivity contribution in [3.8, 4) is 0 Å². The van der Waals surface area contributed by atoms with Crippen LogP contribution in [0.4, 0.5) is 11.4 Å². The molecule has 26 heavy (non-hydrogen) atoms. The summed E-state index contributed by atoms with van der Waals surface area (Å²) < 4.78 is 0. The number of hydrogen-bond acceptors (Lipinski definition) is 3. The summed E-state index contributed by atoms with van der Waals surface area (Å²) in [6.45, 7) is 10.7. The van der Waals surface area contributed by atoms with E-state index >= 15 is 0 Å². The van der Waals surface area contributed by atoms with E-state index in [2.05, 4.69) is 66.2 Å². The van der Waals surface area contributed by atoms with E-state index in [1.807, 2.05) is 12.1 Å². The lowest BCUT2D eigenvalue weighted by molar-refractivity contribution is -0.117. The van der Waals surface area contributed by atoms with Crippen LogP contribution >= 0.6 is 0 Å². The van der Waals surface area contributed by atoms with Crippen LogP contribution in [0.3, 0.4) is 0 Å². The van der Waals surface area contributed by atoms with E-state index in [9.17, 15) is 4.79 Å². The number of carbonyl (C=O) groups is 1. The fourth-order valence-corrected chi connectivity index (χ4v) is 3.45. The molecule has 1 fully saturated rings. The predicted molar refractivity (Wildman–Crippen MR) is 109 cm³/mol. The number of rotatable bonds is 5. The first-order valence-corrected chi connectivity index (χ1v) is 9.49. The number of piperazine rings is 1. The molecule has 0 bridgehead atoms. The Kier molecular flexibility index (Phi) is 5.94. The molecule has 0 saturated carbocycles. The summed E-state index contributed by atoms with van der Waals surface area (Å²) in [7, 11) is 0. The van der Waals surface area contributed by atoms with Crippen LogP contribution in [0, 0.1) is 13.8 Å². The van der Waals surface area contributed by atoms with Crippen molar-refractivity contribution in [3.05, 3.63) is 59.2 Å². The maximum atomic E-state index is 12.3. The molecule has 0 aliphatic carbocycles. The standard InChI is InChI=1S/C22H29N3O/c1-4-19-8-10-20(11-9-19)23-22(26)16-24-12-14-25(15-13-24)21-7-5-6-17(2)18(21)3/h5-11H,4,12-16H2,1-3H3,(H,23,26). The van der Waals surface area contributed by atoms with Gasteiger partial charge in [0.1, 0.15) is 0 Å². The highest BCUT2D eigenvalue weighted by Crippen LogP contribution is 2.23. The van der Waals surface area contributed by atoms with Gasteiger partial charge in [0.15, 0.2) is 0 Å². The fourth-order valence-electron chi connectivity index (χ4n) is 3.45. The Labute approximate surface area is 156 Å². The normalized spacial score (nSPS) is 15.1. The van der Waals surface area contributed by atoms with Gasteiger partial charge in [0.2, 0.25) is 5.91 Å². The minimum atomic E-state index is 0.0643. The first-order valence-electron chi connectivity index (χ1n) is 9.49. The summed E-state index contributed by atoms with van der Waals surface area (Å²) in [6, 6.07) is 14.6. The molecule has 1 aliphatic rings. The van der Waals surface area contributed by atoms with Gasteiger partial charge in [0, 0.05) is 37.6 Å². The van der Waals surface area contributed by atoms with Crippen molar-refractivity contribution in [2.24, 2.45) is 0 Å². The molecule has 2 aromatic rings. The van der Waals surface area contributed by atoms with Crippen molar-refractivity contribution in [2.75, 3.05) is 42.9 Å². The highest BCUT2D eigenvalue weighted by atomic mass is 16.2. The molecule has 3 rings (SSSR count). The molecule has 138 valence electrons. The van der Waals surface area contributed by atoms with E-state index in [0.717, 1.165) is 38.3 Å². The lowest BCUT2D eigenvalue weighted by Crippen LogP contribution is -2.48. The second-order valence-corrected chi connectivity index (χ2v) is 7.08. The van der Waals surface area contributed by atoms with Gasteiger partial charge in [-0.05, 0) is 55.2 Å². The molecule has 1 aliphatic heterocycles. The second-order valence-electron chi connectivity index (χ2n) is 7.08. The average Bonchev–Trinajstić information content (AvgIpc) is 2.65. The zero-order valence-electron chi connectivity index (χ0n) is 16.1. The van der Waals surface area contributed by atoms with Gasteiger partial charge in [0.25, 0.3) is 0 Å². The summed E-state index contributed by atoms with van der Waals surface area (Å²) in [5.41, 5.74) is 6.17. The Hall–Kier alpha value is -2.33. The maximum Gasteiger partial charge on any atom is 0.238 e. The minimum absolute atomic E-state index is 0.0643. The maximum absolute atomic E-state index is 12.3. The lowest BCUT2D eigenvalue weighted by Gasteiger charge is -2.36. The molecule has 1 amide bonds. The molecule has 4 heteroatoms. The van der Waals surface area contributed by atoms with Crippen LogP contribution in [-0.4, -0.2) is 43.5 Å². The van der Waals surface area contributed by atoms with E-state index in [1.165, 1.54) is 22.4 Å². The molecule has 0 radical (unpaired) electrons. The fraction of sp³-hybridized carbons (Fsp3) is 0.409. The predicted octanol–water partition coefficient (Wildman–Crippen LogP) is 3.63. The van der Waals surface area contributed by atoms with Gasteiger partial charge in [-0.3, -0.25) is 9.69 Å². The Balaban J connectivity index is 1.50. The highest BCUT2D eigenvalue weighted by Gasteiger charge is 2.20. The number of carbonyl (C=O) groups excluding carboxylic acids is 1. The SMILES string of the molecule is CCc1ccc(NC(=O)CN2CCN(c3cccc(C)c3C)CC2)cc1. The monoisotopic (exact) mass is 351 g/mol. The van der Waals surface area contributed by atoms with Gasteiger partial charge in [-0.25, -0.2) is 0 Å². The number of anilines is 2. The first-order chi connectivity index (χ1) is 12.6. The van der Waals surface area contributed by atoms with Crippen LogP contribution in [0.2, 0.25) is 0 Å². The summed E-state index contributed by atoms with van der Waals surface area (Å²) in [5.74, 6) is 0.0643. The van der Waals surface area contributed by atoms with E-state index in [-0.39, 0.29) is 5.91 Å². The minimum Gasteiger partial charge on any atom is -0.369 e. The van der Waals surface area contributed by atoms with Crippen molar-refractivity contribution in [2.45, 2.75) is 27.2 Å². The largest absolute Gasteiger partial charge is 0.369 e. The molecular formula is C22H29N3O. The third kappa shape index (κ3) is 4.44. The molecule has 0 atom stereocenters.